The van der Waals surface area contributed by atoms with Crippen molar-refractivity contribution in [1.29, 1.82) is 0 Å². The molecular weight excluding hydrogens is 276 g/mol. The molecular formula is C14H14N2O5. The van der Waals surface area contributed by atoms with Gasteiger partial charge in [0.15, 0.2) is 11.5 Å². The standard InChI is InChI=1S/C14H14N2O5/c1-7-5-12(19)16(21)14(20)13(7)8(2)15-9-3-4-10(17)11(18)6-9/h3-6,17-19,21H,1-2H3/b15-8+. The zero-order chi connectivity index (χ0) is 15.7. The van der Waals surface area contributed by atoms with Crippen molar-refractivity contribution < 1.29 is 20.5 Å². The molecule has 0 fully saturated rings. The van der Waals surface area contributed by atoms with Crippen molar-refractivity contribution in [3.8, 4) is 17.4 Å². The molecule has 1 aromatic carbocycles. The summed E-state index contributed by atoms with van der Waals surface area (Å²) in [5, 5.41) is 37.4. The van der Waals surface area contributed by atoms with E-state index in [0.29, 0.717) is 17.0 Å². The second kappa shape index (κ2) is 5.20. The molecule has 0 aliphatic carbocycles. The van der Waals surface area contributed by atoms with Crippen LogP contribution in [0.15, 0.2) is 34.1 Å². The van der Waals surface area contributed by atoms with Crippen LogP contribution >= 0.6 is 0 Å². The quantitative estimate of drug-likeness (QED) is 0.381. The summed E-state index contributed by atoms with van der Waals surface area (Å²) in [6.45, 7) is 3.16. The molecule has 21 heavy (non-hydrogen) atoms. The van der Waals surface area contributed by atoms with Crippen LogP contribution in [-0.2, 0) is 0 Å². The van der Waals surface area contributed by atoms with E-state index in [1.165, 1.54) is 24.3 Å². The number of phenols is 2. The van der Waals surface area contributed by atoms with Gasteiger partial charge in [-0.3, -0.25) is 9.79 Å². The van der Waals surface area contributed by atoms with Crippen LogP contribution in [0.1, 0.15) is 18.1 Å². The minimum atomic E-state index is -0.795. The van der Waals surface area contributed by atoms with Gasteiger partial charge in [-0.2, -0.15) is 0 Å². The second-order valence-electron chi connectivity index (χ2n) is 4.55. The molecule has 0 bridgehead atoms. The number of hydrogen-bond acceptors (Lipinski definition) is 6. The molecule has 0 unspecified atom stereocenters. The number of hydrogen-bond donors (Lipinski definition) is 4. The molecule has 0 aliphatic heterocycles. The highest BCUT2D eigenvalue weighted by atomic mass is 16.5. The molecule has 7 nitrogen and oxygen atoms in total. The van der Waals surface area contributed by atoms with Gasteiger partial charge in [0.2, 0.25) is 5.88 Å². The fraction of sp³-hybridized carbons (Fsp3) is 0.143. The van der Waals surface area contributed by atoms with E-state index in [1.807, 2.05) is 0 Å². The molecule has 0 spiro atoms. The largest absolute Gasteiger partial charge is 0.504 e. The second-order valence-corrected chi connectivity index (χ2v) is 4.55. The van der Waals surface area contributed by atoms with Gasteiger partial charge in [0, 0.05) is 12.1 Å². The van der Waals surface area contributed by atoms with E-state index in [0.717, 1.165) is 0 Å². The summed E-state index contributed by atoms with van der Waals surface area (Å²) < 4.78 is 0.135. The van der Waals surface area contributed by atoms with E-state index in [-0.39, 0.29) is 21.8 Å². The fourth-order valence-electron chi connectivity index (χ4n) is 1.98. The van der Waals surface area contributed by atoms with Crippen LogP contribution in [0.3, 0.4) is 0 Å². The molecule has 2 rings (SSSR count). The van der Waals surface area contributed by atoms with Gasteiger partial charge in [0.1, 0.15) is 0 Å². The van der Waals surface area contributed by atoms with E-state index in [9.17, 15) is 25.3 Å². The minimum absolute atomic E-state index is 0.135. The maximum absolute atomic E-state index is 11.9. The SMILES string of the molecule is C/C(=N\c1ccc(O)c(O)c1)c1c(C)cc(O)n(O)c1=O. The summed E-state index contributed by atoms with van der Waals surface area (Å²) in [5.41, 5.74) is 0.427. The van der Waals surface area contributed by atoms with E-state index < -0.39 is 11.4 Å². The van der Waals surface area contributed by atoms with Crippen molar-refractivity contribution in [3.63, 3.8) is 0 Å². The first-order valence-corrected chi connectivity index (χ1v) is 6.03. The Hall–Kier alpha value is -2.96. The number of aliphatic imine (C=N–C) groups is 1. The molecule has 7 heteroatoms. The van der Waals surface area contributed by atoms with Crippen LogP contribution in [0.2, 0.25) is 0 Å². The van der Waals surface area contributed by atoms with E-state index in [2.05, 4.69) is 4.99 Å². The molecule has 0 saturated heterocycles. The van der Waals surface area contributed by atoms with Crippen molar-refractivity contribution in [1.82, 2.24) is 4.73 Å². The van der Waals surface area contributed by atoms with Crippen molar-refractivity contribution in [2.75, 3.05) is 0 Å². The number of nitrogens with zero attached hydrogens (tertiary/aromatic N) is 2. The summed E-state index contributed by atoms with van der Waals surface area (Å²) in [6, 6.07) is 5.22. The first-order valence-electron chi connectivity index (χ1n) is 6.03. The molecule has 1 heterocycles. The molecule has 0 atom stereocenters. The van der Waals surface area contributed by atoms with Gasteiger partial charge in [-0.05, 0) is 31.5 Å². The smallest absolute Gasteiger partial charge is 0.295 e. The van der Waals surface area contributed by atoms with Crippen LogP contribution < -0.4 is 5.56 Å². The molecule has 0 amide bonds. The maximum Gasteiger partial charge on any atom is 0.295 e. The zero-order valence-electron chi connectivity index (χ0n) is 11.4. The Morgan fingerprint density at radius 2 is 1.81 bits per heavy atom. The van der Waals surface area contributed by atoms with Crippen LogP contribution in [0.5, 0.6) is 17.4 Å². The number of benzene rings is 1. The van der Waals surface area contributed by atoms with Crippen LogP contribution in [-0.4, -0.2) is 31.0 Å². The monoisotopic (exact) mass is 290 g/mol. The van der Waals surface area contributed by atoms with Crippen LogP contribution in [0.4, 0.5) is 5.69 Å². The lowest BCUT2D eigenvalue weighted by molar-refractivity contribution is 0.143. The Morgan fingerprint density at radius 1 is 1.14 bits per heavy atom. The van der Waals surface area contributed by atoms with Gasteiger partial charge in [-0.1, -0.05) is 0 Å². The molecule has 0 saturated carbocycles. The van der Waals surface area contributed by atoms with Gasteiger partial charge in [0.25, 0.3) is 5.56 Å². The van der Waals surface area contributed by atoms with Crippen molar-refractivity contribution in [2.24, 2.45) is 4.99 Å². The number of pyridine rings is 1. The highest BCUT2D eigenvalue weighted by Gasteiger charge is 2.14. The normalized spacial score (nSPS) is 11.6. The van der Waals surface area contributed by atoms with Gasteiger partial charge in [-0.25, -0.2) is 0 Å². The van der Waals surface area contributed by atoms with E-state index >= 15 is 0 Å². The lowest BCUT2D eigenvalue weighted by Crippen LogP contribution is -2.25. The number of phenolic OH excluding ortho intramolecular Hbond substituents is 2. The van der Waals surface area contributed by atoms with E-state index in [1.54, 1.807) is 13.8 Å². The summed E-state index contributed by atoms with van der Waals surface area (Å²) in [4.78, 5) is 16.1. The number of aromatic nitrogens is 1. The summed E-state index contributed by atoms with van der Waals surface area (Å²) in [6.07, 6.45) is 0. The lowest BCUT2D eigenvalue weighted by Gasteiger charge is -2.08. The predicted octanol–water partition coefficient (Wildman–Crippen LogP) is 1.65. The topological polar surface area (TPSA) is 115 Å². The van der Waals surface area contributed by atoms with Crippen LogP contribution in [0.25, 0.3) is 0 Å². The number of rotatable bonds is 2. The molecule has 0 radical (unpaired) electrons. The fourth-order valence-corrected chi connectivity index (χ4v) is 1.98. The minimum Gasteiger partial charge on any atom is -0.504 e. The van der Waals surface area contributed by atoms with Gasteiger partial charge >= 0.3 is 0 Å². The average molecular weight is 290 g/mol. The van der Waals surface area contributed by atoms with Gasteiger partial charge in [-0.15, -0.1) is 4.73 Å². The van der Waals surface area contributed by atoms with Gasteiger partial charge < -0.3 is 20.5 Å². The Morgan fingerprint density at radius 3 is 2.43 bits per heavy atom. The average Bonchev–Trinajstić information content (AvgIpc) is 2.40. The lowest BCUT2D eigenvalue weighted by atomic mass is 10.1. The number of aromatic hydroxyl groups is 3. The predicted molar refractivity (Wildman–Crippen MR) is 75.9 cm³/mol. The third kappa shape index (κ3) is 2.66. The first kappa shape index (κ1) is 14.4. The molecule has 1 aromatic heterocycles. The molecule has 4 N–H and O–H groups in total. The summed E-state index contributed by atoms with van der Waals surface area (Å²) >= 11 is 0. The third-order valence-corrected chi connectivity index (χ3v) is 2.98. The Kier molecular flexibility index (Phi) is 3.58. The Labute approximate surface area is 119 Å². The summed E-state index contributed by atoms with van der Waals surface area (Å²) in [7, 11) is 0. The van der Waals surface area contributed by atoms with Crippen molar-refractivity contribution in [2.45, 2.75) is 13.8 Å². The van der Waals surface area contributed by atoms with E-state index in [4.69, 9.17) is 0 Å². The van der Waals surface area contributed by atoms with Crippen molar-refractivity contribution in [3.05, 3.63) is 45.7 Å². The Balaban J connectivity index is 2.56. The molecule has 2 aromatic rings. The first-order chi connectivity index (χ1) is 9.81. The highest BCUT2D eigenvalue weighted by Crippen LogP contribution is 2.29. The highest BCUT2D eigenvalue weighted by molar-refractivity contribution is 6.01. The Bertz CT molecular complexity index is 793. The zero-order valence-corrected chi connectivity index (χ0v) is 11.4. The third-order valence-electron chi connectivity index (χ3n) is 2.98. The van der Waals surface area contributed by atoms with Crippen LogP contribution in [0, 0.1) is 6.92 Å². The number of aryl methyl sites for hydroxylation is 1. The maximum atomic E-state index is 11.9. The molecule has 110 valence electrons. The summed E-state index contributed by atoms with van der Waals surface area (Å²) in [5.74, 6) is -1.16. The van der Waals surface area contributed by atoms with Gasteiger partial charge in [0.05, 0.1) is 17.0 Å². The van der Waals surface area contributed by atoms with Crippen molar-refractivity contribution >= 4 is 11.4 Å². The molecule has 0 aliphatic rings.